The van der Waals surface area contributed by atoms with E-state index < -0.39 is 12.0 Å². The molecule has 7 heteroatoms. The maximum absolute atomic E-state index is 13.3. The summed E-state index contributed by atoms with van der Waals surface area (Å²) in [5, 5.41) is 0.905. The molecule has 2 N–H and O–H groups in total. The number of amides is 1. The van der Waals surface area contributed by atoms with Crippen LogP contribution in [0.5, 0.6) is 17.2 Å². The molecular weight excluding hydrogens is 396 g/mol. The number of benzene rings is 2. The van der Waals surface area contributed by atoms with E-state index in [4.69, 9.17) is 19.9 Å². The van der Waals surface area contributed by atoms with Crippen LogP contribution in [-0.4, -0.2) is 37.0 Å². The molecule has 0 aliphatic rings. The van der Waals surface area contributed by atoms with Crippen molar-refractivity contribution in [3.05, 3.63) is 59.8 Å². The van der Waals surface area contributed by atoms with E-state index in [9.17, 15) is 9.59 Å². The number of fused-ring (bicyclic) bond motifs is 1. The molecule has 3 aromatic rings. The average molecular weight is 422 g/mol. The molecule has 162 valence electrons. The van der Waals surface area contributed by atoms with Gasteiger partial charge in [-0.15, -0.1) is 0 Å². The van der Waals surface area contributed by atoms with Gasteiger partial charge in [-0.05, 0) is 36.2 Å². The van der Waals surface area contributed by atoms with Gasteiger partial charge >= 0.3 is 0 Å². The number of para-hydroxylation sites is 1. The smallest absolute Gasteiger partial charge is 0.258 e. The summed E-state index contributed by atoms with van der Waals surface area (Å²) < 4.78 is 16.8. The molecule has 1 unspecified atom stereocenters. The maximum atomic E-state index is 13.3. The zero-order valence-corrected chi connectivity index (χ0v) is 17.9. The lowest BCUT2D eigenvalue weighted by molar-refractivity contribution is -0.125. The van der Waals surface area contributed by atoms with Crippen molar-refractivity contribution in [3.8, 4) is 17.2 Å². The molecule has 1 aromatic heterocycles. The zero-order valence-electron chi connectivity index (χ0n) is 17.9. The Morgan fingerprint density at radius 1 is 1.03 bits per heavy atom. The van der Waals surface area contributed by atoms with E-state index in [2.05, 4.69) is 4.98 Å². The highest BCUT2D eigenvalue weighted by atomic mass is 16.5. The molecular formula is C24H26N2O5. The number of methoxy groups -OCH3 is 2. The highest BCUT2D eigenvalue weighted by Gasteiger charge is 2.26. The number of carbonyl (C=O) groups is 2. The van der Waals surface area contributed by atoms with E-state index in [0.717, 1.165) is 16.5 Å². The minimum atomic E-state index is -0.890. The van der Waals surface area contributed by atoms with Gasteiger partial charge in [-0.2, -0.15) is 0 Å². The molecule has 1 amide bonds. The number of primary amides is 1. The molecule has 0 fully saturated rings. The molecule has 0 saturated carbocycles. The number of nitrogens with zero attached hydrogens (tertiary/aromatic N) is 1. The molecule has 3 rings (SSSR count). The maximum Gasteiger partial charge on any atom is 0.258 e. The van der Waals surface area contributed by atoms with Crippen molar-refractivity contribution in [1.82, 2.24) is 4.98 Å². The first-order valence-corrected chi connectivity index (χ1v) is 10.1. The Hall–Kier alpha value is -3.61. The van der Waals surface area contributed by atoms with Crippen LogP contribution < -0.4 is 19.9 Å². The largest absolute Gasteiger partial charge is 0.493 e. The van der Waals surface area contributed by atoms with Crippen LogP contribution in [0.1, 0.15) is 35.7 Å². The van der Waals surface area contributed by atoms with Gasteiger partial charge in [0, 0.05) is 18.0 Å². The summed E-state index contributed by atoms with van der Waals surface area (Å²) in [6.07, 6.45) is 2.02. The first-order valence-electron chi connectivity index (χ1n) is 10.1. The summed E-state index contributed by atoms with van der Waals surface area (Å²) in [6.45, 7) is 1.92. The number of nitrogens with two attached hydrogens (primary N) is 1. The van der Waals surface area contributed by atoms with Crippen LogP contribution in [0.3, 0.4) is 0 Å². The summed E-state index contributed by atoms with van der Waals surface area (Å²) in [4.78, 5) is 29.6. The number of rotatable bonds is 10. The van der Waals surface area contributed by atoms with E-state index in [1.54, 1.807) is 18.3 Å². The number of ketones is 1. The van der Waals surface area contributed by atoms with Crippen molar-refractivity contribution in [3.63, 3.8) is 0 Å². The Morgan fingerprint density at radius 3 is 2.48 bits per heavy atom. The fraction of sp³-hybridized carbons (Fsp3) is 0.292. The fourth-order valence-corrected chi connectivity index (χ4v) is 3.48. The van der Waals surface area contributed by atoms with Crippen LogP contribution in [0.4, 0.5) is 0 Å². The highest BCUT2D eigenvalue weighted by molar-refractivity contribution is 6.03. The quantitative estimate of drug-likeness (QED) is 0.500. The van der Waals surface area contributed by atoms with Crippen molar-refractivity contribution in [2.45, 2.75) is 32.3 Å². The SMILES string of the molecule is CCCC(Oc1c(C(=O)Cc2ccnc3ccccc23)ccc(OC)c1OC)C(N)=O. The van der Waals surface area contributed by atoms with Gasteiger partial charge in [0.25, 0.3) is 5.91 Å². The van der Waals surface area contributed by atoms with E-state index in [1.165, 1.54) is 14.2 Å². The van der Waals surface area contributed by atoms with E-state index in [-0.39, 0.29) is 23.7 Å². The lowest BCUT2D eigenvalue weighted by Gasteiger charge is -2.21. The minimum absolute atomic E-state index is 0.129. The second-order valence-electron chi connectivity index (χ2n) is 7.06. The molecule has 1 atom stereocenters. The molecule has 2 aromatic carbocycles. The average Bonchev–Trinajstić information content (AvgIpc) is 2.78. The van der Waals surface area contributed by atoms with Crippen molar-refractivity contribution in [1.29, 1.82) is 0 Å². The third-order valence-electron chi connectivity index (χ3n) is 5.02. The number of carbonyl (C=O) groups excluding carboxylic acids is 2. The Bertz CT molecular complexity index is 1090. The molecule has 0 radical (unpaired) electrons. The second-order valence-corrected chi connectivity index (χ2v) is 7.06. The lowest BCUT2D eigenvalue weighted by Crippen LogP contribution is -2.34. The normalized spacial score (nSPS) is 11.7. The molecule has 1 heterocycles. The van der Waals surface area contributed by atoms with Crippen molar-refractivity contribution in [2.24, 2.45) is 5.73 Å². The van der Waals surface area contributed by atoms with Crippen molar-refractivity contribution < 1.29 is 23.8 Å². The summed E-state index contributed by atoms with van der Waals surface area (Å²) in [7, 11) is 2.94. The Labute approximate surface area is 181 Å². The summed E-state index contributed by atoms with van der Waals surface area (Å²) in [5.41, 5.74) is 7.47. The van der Waals surface area contributed by atoms with Gasteiger partial charge < -0.3 is 19.9 Å². The van der Waals surface area contributed by atoms with E-state index >= 15 is 0 Å². The molecule has 0 aliphatic heterocycles. The second kappa shape index (κ2) is 9.93. The predicted molar refractivity (Wildman–Crippen MR) is 118 cm³/mol. The number of hydrogen-bond donors (Lipinski definition) is 1. The Kier molecular flexibility index (Phi) is 7.07. The standard InChI is InChI=1S/C24H26N2O5/c1-4-7-21(24(25)28)31-22-17(10-11-20(29-2)23(22)30-3)19(27)14-15-12-13-26-18-9-6-5-8-16(15)18/h5-6,8-13,21H,4,7,14H2,1-3H3,(H2,25,28). The van der Waals surface area contributed by atoms with Gasteiger partial charge in [0.1, 0.15) is 0 Å². The topological polar surface area (TPSA) is 101 Å². The van der Waals surface area contributed by atoms with Crippen molar-refractivity contribution in [2.75, 3.05) is 14.2 Å². The van der Waals surface area contributed by atoms with Gasteiger partial charge in [0.05, 0.1) is 25.3 Å². The molecule has 0 spiro atoms. The van der Waals surface area contributed by atoms with Crippen LogP contribution in [-0.2, 0) is 11.2 Å². The first-order chi connectivity index (χ1) is 15.0. The van der Waals surface area contributed by atoms with Gasteiger partial charge in [-0.1, -0.05) is 31.5 Å². The molecule has 31 heavy (non-hydrogen) atoms. The summed E-state index contributed by atoms with van der Waals surface area (Å²) >= 11 is 0. The van der Waals surface area contributed by atoms with Crippen molar-refractivity contribution >= 4 is 22.6 Å². The highest BCUT2D eigenvalue weighted by Crippen LogP contribution is 2.41. The molecule has 0 saturated heterocycles. The number of pyridine rings is 1. The van der Waals surface area contributed by atoms with Gasteiger partial charge in [-0.25, -0.2) is 0 Å². The predicted octanol–water partition coefficient (Wildman–Crippen LogP) is 3.71. The monoisotopic (exact) mass is 422 g/mol. The number of ether oxygens (including phenoxy) is 3. The zero-order chi connectivity index (χ0) is 22.4. The van der Waals surface area contributed by atoms with E-state index in [0.29, 0.717) is 24.2 Å². The first kappa shape index (κ1) is 22.1. The van der Waals surface area contributed by atoms with Crippen LogP contribution in [0.2, 0.25) is 0 Å². The van der Waals surface area contributed by atoms with Crippen LogP contribution in [0, 0.1) is 0 Å². The Morgan fingerprint density at radius 2 is 1.81 bits per heavy atom. The number of aromatic nitrogens is 1. The van der Waals surface area contributed by atoms with Crippen LogP contribution in [0.15, 0.2) is 48.7 Å². The van der Waals surface area contributed by atoms with E-state index in [1.807, 2.05) is 37.3 Å². The number of Topliss-reactive ketones (excluding diaryl/α,β-unsaturated/α-hetero) is 1. The van der Waals surface area contributed by atoms with Gasteiger partial charge in [0.15, 0.2) is 23.4 Å². The number of hydrogen-bond acceptors (Lipinski definition) is 6. The molecule has 0 aliphatic carbocycles. The fourth-order valence-electron chi connectivity index (χ4n) is 3.48. The lowest BCUT2D eigenvalue weighted by atomic mass is 9.99. The summed E-state index contributed by atoms with van der Waals surface area (Å²) in [5.74, 6) is -0.00171. The van der Waals surface area contributed by atoms with Gasteiger partial charge in [-0.3, -0.25) is 14.6 Å². The molecule has 0 bridgehead atoms. The molecule has 7 nitrogen and oxygen atoms in total. The third-order valence-corrected chi connectivity index (χ3v) is 5.02. The van der Waals surface area contributed by atoms with Gasteiger partial charge in [0.2, 0.25) is 5.75 Å². The third kappa shape index (κ3) is 4.77. The minimum Gasteiger partial charge on any atom is -0.493 e. The Balaban J connectivity index is 2.04. The van der Waals surface area contributed by atoms with Crippen LogP contribution in [0.25, 0.3) is 10.9 Å². The van der Waals surface area contributed by atoms with Crippen LogP contribution >= 0.6 is 0 Å². The summed E-state index contributed by atoms with van der Waals surface area (Å²) in [6, 6.07) is 12.7.